The lowest BCUT2D eigenvalue weighted by Gasteiger charge is -2.27. The van der Waals surface area contributed by atoms with Crippen LogP contribution in [0.3, 0.4) is 0 Å². The Labute approximate surface area is 157 Å². The number of ether oxygens (including phenoxy) is 2. The van der Waals surface area contributed by atoms with E-state index in [1.165, 1.54) is 11.1 Å². The number of hydrogen-bond acceptors (Lipinski definition) is 4. The molecule has 2 aliphatic rings. The van der Waals surface area contributed by atoms with Crippen LogP contribution in [0.5, 0.6) is 0 Å². The molecule has 1 atom stereocenters. The molecule has 2 heterocycles. The summed E-state index contributed by atoms with van der Waals surface area (Å²) in [5.74, 6) is 0.865. The SMILES string of the molecule is CCNC(=NCc1ccccc1CN1CCOCC1)NCC1CCCO1. The van der Waals surface area contributed by atoms with Crippen molar-refractivity contribution < 1.29 is 9.47 Å². The molecule has 2 aliphatic heterocycles. The molecule has 26 heavy (non-hydrogen) atoms. The molecule has 0 amide bonds. The van der Waals surface area contributed by atoms with E-state index < -0.39 is 0 Å². The highest BCUT2D eigenvalue weighted by Crippen LogP contribution is 2.14. The molecule has 0 aliphatic carbocycles. The summed E-state index contributed by atoms with van der Waals surface area (Å²) in [5, 5.41) is 6.75. The van der Waals surface area contributed by atoms with Gasteiger partial charge in [-0.2, -0.15) is 0 Å². The average molecular weight is 361 g/mol. The highest BCUT2D eigenvalue weighted by Gasteiger charge is 2.16. The highest BCUT2D eigenvalue weighted by atomic mass is 16.5. The lowest BCUT2D eigenvalue weighted by Crippen LogP contribution is -2.41. The van der Waals surface area contributed by atoms with Crippen LogP contribution in [0.4, 0.5) is 0 Å². The van der Waals surface area contributed by atoms with Gasteiger partial charge in [0.2, 0.25) is 0 Å². The molecular formula is C20H32N4O2. The van der Waals surface area contributed by atoms with Crippen molar-refractivity contribution in [3.63, 3.8) is 0 Å². The summed E-state index contributed by atoms with van der Waals surface area (Å²) in [6.07, 6.45) is 2.61. The number of morpholine rings is 1. The molecule has 1 aromatic rings. The summed E-state index contributed by atoms with van der Waals surface area (Å²) in [6, 6.07) is 8.61. The van der Waals surface area contributed by atoms with Crippen molar-refractivity contribution in [3.8, 4) is 0 Å². The Hall–Kier alpha value is -1.63. The minimum Gasteiger partial charge on any atom is -0.379 e. The van der Waals surface area contributed by atoms with Gasteiger partial charge in [0, 0.05) is 39.3 Å². The zero-order chi connectivity index (χ0) is 18.0. The first-order valence-electron chi connectivity index (χ1n) is 9.86. The minimum absolute atomic E-state index is 0.312. The molecule has 0 aromatic heterocycles. The van der Waals surface area contributed by atoms with Gasteiger partial charge in [-0.05, 0) is 30.9 Å². The van der Waals surface area contributed by atoms with Gasteiger partial charge in [0.25, 0.3) is 0 Å². The van der Waals surface area contributed by atoms with E-state index in [9.17, 15) is 0 Å². The lowest BCUT2D eigenvalue weighted by molar-refractivity contribution is 0.0341. The van der Waals surface area contributed by atoms with E-state index in [1.54, 1.807) is 0 Å². The number of aliphatic imine (C=N–C) groups is 1. The molecule has 2 fully saturated rings. The maximum absolute atomic E-state index is 5.69. The smallest absolute Gasteiger partial charge is 0.191 e. The number of rotatable bonds is 7. The third-order valence-electron chi connectivity index (χ3n) is 4.89. The van der Waals surface area contributed by atoms with Crippen LogP contribution in [-0.4, -0.2) is 63.0 Å². The highest BCUT2D eigenvalue weighted by molar-refractivity contribution is 5.79. The maximum atomic E-state index is 5.69. The Kier molecular flexibility index (Phi) is 7.73. The fourth-order valence-electron chi connectivity index (χ4n) is 3.39. The maximum Gasteiger partial charge on any atom is 0.191 e. The van der Waals surface area contributed by atoms with Crippen molar-refractivity contribution in [1.82, 2.24) is 15.5 Å². The summed E-state index contributed by atoms with van der Waals surface area (Å²) < 4.78 is 11.1. The lowest BCUT2D eigenvalue weighted by atomic mass is 10.1. The third-order valence-corrected chi connectivity index (χ3v) is 4.89. The number of nitrogens with one attached hydrogen (secondary N) is 2. The van der Waals surface area contributed by atoms with Gasteiger partial charge in [0.15, 0.2) is 5.96 Å². The van der Waals surface area contributed by atoms with Gasteiger partial charge in [-0.1, -0.05) is 24.3 Å². The molecule has 0 radical (unpaired) electrons. The molecule has 0 bridgehead atoms. The molecule has 2 N–H and O–H groups in total. The molecule has 1 aromatic carbocycles. The Morgan fingerprint density at radius 3 is 2.69 bits per heavy atom. The van der Waals surface area contributed by atoms with Gasteiger partial charge in [-0.25, -0.2) is 4.99 Å². The van der Waals surface area contributed by atoms with E-state index in [4.69, 9.17) is 14.5 Å². The van der Waals surface area contributed by atoms with E-state index in [-0.39, 0.29) is 0 Å². The summed E-state index contributed by atoms with van der Waals surface area (Å²) >= 11 is 0. The van der Waals surface area contributed by atoms with E-state index >= 15 is 0 Å². The van der Waals surface area contributed by atoms with Crippen LogP contribution in [0.2, 0.25) is 0 Å². The van der Waals surface area contributed by atoms with Crippen molar-refractivity contribution in [3.05, 3.63) is 35.4 Å². The number of benzene rings is 1. The number of nitrogens with zero attached hydrogens (tertiary/aromatic N) is 2. The van der Waals surface area contributed by atoms with Crippen LogP contribution in [-0.2, 0) is 22.6 Å². The Morgan fingerprint density at radius 1 is 1.15 bits per heavy atom. The van der Waals surface area contributed by atoms with Gasteiger partial charge >= 0.3 is 0 Å². The summed E-state index contributed by atoms with van der Waals surface area (Å²) in [7, 11) is 0. The van der Waals surface area contributed by atoms with Crippen molar-refractivity contribution in [2.45, 2.75) is 39.0 Å². The monoisotopic (exact) mass is 360 g/mol. The van der Waals surface area contributed by atoms with Gasteiger partial charge in [-0.15, -0.1) is 0 Å². The average Bonchev–Trinajstić information content (AvgIpc) is 3.19. The molecule has 0 spiro atoms. The summed E-state index contributed by atoms with van der Waals surface area (Å²) in [5.41, 5.74) is 2.64. The number of guanidine groups is 1. The van der Waals surface area contributed by atoms with E-state index in [2.05, 4.69) is 46.7 Å². The van der Waals surface area contributed by atoms with Crippen LogP contribution in [0.1, 0.15) is 30.9 Å². The fourth-order valence-corrected chi connectivity index (χ4v) is 3.39. The second kappa shape index (κ2) is 10.5. The topological polar surface area (TPSA) is 58.1 Å². The van der Waals surface area contributed by atoms with E-state index in [0.717, 1.165) is 71.3 Å². The van der Waals surface area contributed by atoms with E-state index in [0.29, 0.717) is 12.6 Å². The normalized spacial score (nSPS) is 21.7. The Bertz CT molecular complexity index is 567. The second-order valence-electron chi connectivity index (χ2n) is 6.87. The standard InChI is InChI=1S/C20H32N4O2/c1-2-21-20(23-15-19-8-5-11-26-19)22-14-17-6-3-4-7-18(17)16-24-9-12-25-13-10-24/h3-4,6-7,19H,2,5,8-16H2,1H3,(H2,21,22,23). The first kappa shape index (κ1) is 19.1. The van der Waals surface area contributed by atoms with Crippen LogP contribution in [0, 0.1) is 0 Å². The quantitative estimate of drug-likeness (QED) is 0.573. The molecule has 144 valence electrons. The second-order valence-corrected chi connectivity index (χ2v) is 6.87. The number of hydrogen-bond donors (Lipinski definition) is 2. The molecule has 2 saturated heterocycles. The summed E-state index contributed by atoms with van der Waals surface area (Å²) in [6.45, 7) is 9.97. The van der Waals surface area contributed by atoms with Gasteiger partial charge in [0.1, 0.15) is 0 Å². The van der Waals surface area contributed by atoms with Crippen molar-refractivity contribution in [2.75, 3.05) is 46.0 Å². The zero-order valence-corrected chi connectivity index (χ0v) is 15.9. The zero-order valence-electron chi connectivity index (χ0n) is 15.9. The van der Waals surface area contributed by atoms with Crippen molar-refractivity contribution in [1.29, 1.82) is 0 Å². The summed E-state index contributed by atoms with van der Waals surface area (Å²) in [4.78, 5) is 7.25. The molecule has 3 rings (SSSR count). The largest absolute Gasteiger partial charge is 0.379 e. The molecule has 0 saturated carbocycles. The fraction of sp³-hybridized carbons (Fsp3) is 0.650. The van der Waals surface area contributed by atoms with E-state index in [1.807, 2.05) is 0 Å². The van der Waals surface area contributed by atoms with Gasteiger partial charge < -0.3 is 20.1 Å². The molecule has 1 unspecified atom stereocenters. The minimum atomic E-state index is 0.312. The molecular weight excluding hydrogens is 328 g/mol. The predicted octanol–water partition coefficient (Wildman–Crippen LogP) is 1.75. The molecule has 6 nitrogen and oxygen atoms in total. The first-order valence-corrected chi connectivity index (χ1v) is 9.86. The Morgan fingerprint density at radius 2 is 1.96 bits per heavy atom. The van der Waals surface area contributed by atoms with Gasteiger partial charge in [-0.3, -0.25) is 4.90 Å². The van der Waals surface area contributed by atoms with Crippen LogP contribution in [0.15, 0.2) is 29.3 Å². The van der Waals surface area contributed by atoms with Crippen LogP contribution < -0.4 is 10.6 Å². The van der Waals surface area contributed by atoms with Crippen molar-refractivity contribution >= 4 is 5.96 Å². The van der Waals surface area contributed by atoms with Crippen LogP contribution in [0.25, 0.3) is 0 Å². The van der Waals surface area contributed by atoms with Gasteiger partial charge in [0.05, 0.1) is 25.9 Å². The Balaban J connectivity index is 1.58. The first-order chi connectivity index (χ1) is 12.8. The van der Waals surface area contributed by atoms with Crippen LogP contribution >= 0.6 is 0 Å². The van der Waals surface area contributed by atoms with Crippen molar-refractivity contribution in [2.24, 2.45) is 4.99 Å². The third kappa shape index (κ3) is 5.97. The predicted molar refractivity (Wildman–Crippen MR) is 104 cm³/mol. The molecule has 6 heteroatoms.